The van der Waals surface area contributed by atoms with E-state index in [9.17, 15) is 9.59 Å². The Kier molecular flexibility index (Phi) is 6.01. The Balaban J connectivity index is 1.54. The summed E-state index contributed by atoms with van der Waals surface area (Å²) in [5.41, 5.74) is 7.90. The number of nitrogens with zero attached hydrogens (tertiary/aromatic N) is 1. The van der Waals surface area contributed by atoms with Crippen molar-refractivity contribution in [2.24, 2.45) is 11.7 Å². The maximum absolute atomic E-state index is 12.3. The van der Waals surface area contributed by atoms with Crippen molar-refractivity contribution in [2.45, 2.75) is 33.1 Å². The molecule has 1 fully saturated rings. The van der Waals surface area contributed by atoms with Crippen molar-refractivity contribution in [3.8, 4) is 0 Å². The number of hydrogen-bond acceptors (Lipinski definition) is 4. The lowest BCUT2D eigenvalue weighted by molar-refractivity contribution is -0.123. The highest BCUT2D eigenvalue weighted by atomic mass is 16.3. The summed E-state index contributed by atoms with van der Waals surface area (Å²) in [4.78, 5) is 25.8. The van der Waals surface area contributed by atoms with E-state index in [1.54, 1.807) is 0 Å². The molecule has 0 radical (unpaired) electrons. The summed E-state index contributed by atoms with van der Waals surface area (Å²) < 4.78 is 5.92. The van der Waals surface area contributed by atoms with Gasteiger partial charge in [0.1, 0.15) is 5.76 Å². The number of anilines is 1. The van der Waals surface area contributed by atoms with Crippen LogP contribution >= 0.6 is 0 Å². The number of amides is 3. The second kappa shape index (κ2) is 8.43. The second-order valence-corrected chi connectivity index (χ2v) is 7.11. The Morgan fingerprint density at radius 2 is 2.19 bits per heavy atom. The molecule has 27 heavy (non-hydrogen) atoms. The number of nitrogens with two attached hydrogens (primary N) is 1. The molecule has 0 aliphatic carbocycles. The van der Waals surface area contributed by atoms with Gasteiger partial charge >= 0.3 is 6.03 Å². The van der Waals surface area contributed by atoms with Crippen molar-refractivity contribution >= 4 is 28.6 Å². The van der Waals surface area contributed by atoms with Crippen LogP contribution in [0.3, 0.4) is 0 Å². The normalized spacial score (nSPS) is 17.8. The predicted molar refractivity (Wildman–Crippen MR) is 106 cm³/mol. The van der Waals surface area contributed by atoms with Gasteiger partial charge in [0.15, 0.2) is 5.58 Å². The highest BCUT2D eigenvalue weighted by Gasteiger charge is 2.23. The maximum Gasteiger partial charge on any atom is 0.319 e. The molecule has 4 N–H and O–H groups in total. The van der Waals surface area contributed by atoms with Gasteiger partial charge in [-0.3, -0.25) is 4.79 Å². The fraction of sp³-hybridized carbons (Fsp3) is 0.500. The average Bonchev–Trinajstić information content (AvgIpc) is 2.99. The van der Waals surface area contributed by atoms with Gasteiger partial charge in [0.25, 0.3) is 0 Å². The number of benzene rings is 1. The number of primary amides is 1. The molecule has 3 amide bonds. The number of furan rings is 1. The van der Waals surface area contributed by atoms with E-state index >= 15 is 0 Å². The third-order valence-corrected chi connectivity index (χ3v) is 5.25. The highest BCUT2D eigenvalue weighted by molar-refractivity contribution is 6.00. The number of piperidine rings is 1. The zero-order chi connectivity index (χ0) is 19.4. The molecule has 0 saturated carbocycles. The number of hydrogen-bond donors (Lipinski definition) is 3. The van der Waals surface area contributed by atoms with Gasteiger partial charge in [-0.25, -0.2) is 4.79 Å². The molecule has 1 saturated heterocycles. The summed E-state index contributed by atoms with van der Waals surface area (Å²) in [7, 11) is 0. The average molecular weight is 372 g/mol. The van der Waals surface area contributed by atoms with Crippen molar-refractivity contribution in [3.63, 3.8) is 0 Å². The standard InChI is InChI=1S/C20H28N4O3/c1-3-17-13(2)15-7-4-8-16(18(15)27-17)23-20(26)22-9-11-24-10-5-6-14(12-24)19(21)25/h4,7-8,14H,3,5-6,9-12H2,1-2H3,(H2,21,25)(H2,22,23,26)/t14-/m1/s1. The summed E-state index contributed by atoms with van der Waals surface area (Å²) in [6, 6.07) is 5.49. The van der Waals surface area contributed by atoms with E-state index in [0.29, 0.717) is 30.9 Å². The van der Waals surface area contributed by atoms with E-state index in [1.807, 2.05) is 32.0 Å². The molecule has 1 aliphatic rings. The zero-order valence-electron chi connectivity index (χ0n) is 16.0. The molecule has 1 aliphatic heterocycles. The van der Waals surface area contributed by atoms with Crippen LogP contribution in [-0.2, 0) is 11.2 Å². The number of likely N-dealkylation sites (tertiary alicyclic amines) is 1. The smallest absolute Gasteiger partial charge is 0.319 e. The van der Waals surface area contributed by atoms with Crippen molar-refractivity contribution in [1.29, 1.82) is 0 Å². The number of rotatable bonds is 6. The van der Waals surface area contributed by atoms with Crippen molar-refractivity contribution in [1.82, 2.24) is 10.2 Å². The number of para-hydroxylation sites is 1. The molecule has 146 valence electrons. The number of aryl methyl sites for hydroxylation is 2. The Bertz CT molecular complexity index is 830. The lowest BCUT2D eigenvalue weighted by Gasteiger charge is -2.31. The van der Waals surface area contributed by atoms with Crippen molar-refractivity contribution in [3.05, 3.63) is 29.5 Å². The quantitative estimate of drug-likeness (QED) is 0.725. The van der Waals surface area contributed by atoms with Crippen LogP contribution in [0.25, 0.3) is 11.0 Å². The minimum Gasteiger partial charge on any atom is -0.459 e. The molecule has 1 atom stereocenters. The van der Waals surface area contributed by atoms with Crippen LogP contribution in [0.4, 0.5) is 10.5 Å². The molecule has 0 unspecified atom stereocenters. The van der Waals surface area contributed by atoms with E-state index < -0.39 is 0 Å². The monoisotopic (exact) mass is 372 g/mol. The zero-order valence-corrected chi connectivity index (χ0v) is 16.0. The van der Waals surface area contributed by atoms with E-state index in [2.05, 4.69) is 15.5 Å². The summed E-state index contributed by atoms with van der Waals surface area (Å²) in [6.07, 6.45) is 2.62. The summed E-state index contributed by atoms with van der Waals surface area (Å²) in [5.74, 6) is 0.618. The summed E-state index contributed by atoms with van der Waals surface area (Å²) in [6.45, 7) is 6.88. The van der Waals surface area contributed by atoms with Gasteiger partial charge < -0.3 is 25.7 Å². The Morgan fingerprint density at radius 3 is 2.93 bits per heavy atom. The lowest BCUT2D eigenvalue weighted by Crippen LogP contribution is -2.44. The Hall–Kier alpha value is -2.54. The fourth-order valence-electron chi connectivity index (χ4n) is 3.71. The van der Waals surface area contributed by atoms with E-state index in [4.69, 9.17) is 10.2 Å². The highest BCUT2D eigenvalue weighted by Crippen LogP contribution is 2.31. The predicted octanol–water partition coefficient (Wildman–Crippen LogP) is 2.62. The van der Waals surface area contributed by atoms with Crippen molar-refractivity contribution < 1.29 is 14.0 Å². The van der Waals surface area contributed by atoms with Crippen LogP contribution in [0.15, 0.2) is 22.6 Å². The van der Waals surface area contributed by atoms with Gasteiger partial charge in [-0.05, 0) is 37.9 Å². The van der Waals surface area contributed by atoms with Crippen LogP contribution in [0.1, 0.15) is 31.1 Å². The van der Waals surface area contributed by atoms with E-state index in [-0.39, 0.29) is 17.9 Å². The topological polar surface area (TPSA) is 101 Å². The van der Waals surface area contributed by atoms with E-state index in [0.717, 1.165) is 42.5 Å². The van der Waals surface area contributed by atoms with Gasteiger partial charge in [-0.15, -0.1) is 0 Å². The van der Waals surface area contributed by atoms with Gasteiger partial charge in [0.05, 0.1) is 11.6 Å². The third-order valence-electron chi connectivity index (χ3n) is 5.25. The number of fused-ring (bicyclic) bond motifs is 1. The van der Waals surface area contributed by atoms with Crippen LogP contribution in [0, 0.1) is 12.8 Å². The molecule has 3 rings (SSSR count). The second-order valence-electron chi connectivity index (χ2n) is 7.11. The Morgan fingerprint density at radius 1 is 1.37 bits per heavy atom. The van der Waals surface area contributed by atoms with Gasteiger partial charge in [0.2, 0.25) is 5.91 Å². The molecule has 1 aromatic carbocycles. The number of carbonyl (C=O) groups excluding carboxylic acids is 2. The van der Waals surface area contributed by atoms with Crippen LogP contribution in [-0.4, -0.2) is 43.0 Å². The number of carbonyl (C=O) groups is 2. The lowest BCUT2D eigenvalue weighted by atomic mass is 9.97. The minimum absolute atomic E-state index is 0.0832. The fourth-order valence-corrected chi connectivity index (χ4v) is 3.71. The van der Waals surface area contributed by atoms with Crippen LogP contribution < -0.4 is 16.4 Å². The largest absolute Gasteiger partial charge is 0.459 e. The summed E-state index contributed by atoms with van der Waals surface area (Å²) in [5, 5.41) is 6.77. The SMILES string of the molecule is CCc1oc2c(NC(=O)NCCN3CCC[C@@H](C(N)=O)C3)cccc2c1C. The molecule has 2 aromatic rings. The van der Waals surface area contributed by atoms with Crippen molar-refractivity contribution in [2.75, 3.05) is 31.5 Å². The molecule has 7 heteroatoms. The van der Waals surface area contributed by atoms with Gasteiger partial charge in [-0.2, -0.15) is 0 Å². The first-order valence-electron chi connectivity index (χ1n) is 9.57. The molecule has 0 bridgehead atoms. The Labute approximate surface area is 159 Å². The molecular weight excluding hydrogens is 344 g/mol. The molecule has 0 spiro atoms. The van der Waals surface area contributed by atoms with Gasteiger partial charge in [-0.1, -0.05) is 19.1 Å². The van der Waals surface area contributed by atoms with Crippen LogP contribution in [0.5, 0.6) is 0 Å². The molecule has 1 aromatic heterocycles. The number of nitrogens with one attached hydrogen (secondary N) is 2. The molecular formula is C20H28N4O3. The van der Waals surface area contributed by atoms with E-state index in [1.165, 1.54) is 0 Å². The van der Waals surface area contributed by atoms with Crippen LogP contribution in [0.2, 0.25) is 0 Å². The first kappa shape index (κ1) is 19.2. The third kappa shape index (κ3) is 4.42. The first-order valence-corrected chi connectivity index (χ1v) is 9.57. The van der Waals surface area contributed by atoms with Gasteiger partial charge in [0, 0.05) is 31.4 Å². The number of urea groups is 1. The first-order chi connectivity index (χ1) is 13.0. The molecule has 7 nitrogen and oxygen atoms in total. The maximum atomic E-state index is 12.3. The molecule has 2 heterocycles. The summed E-state index contributed by atoms with van der Waals surface area (Å²) >= 11 is 0. The minimum atomic E-state index is -0.266.